The SMILES string of the molecule is CCCN[C@H]1CCc2cc(CCCC(NC(=O)c3ccc(-c4ccccc4)cc3)SC)ccc2C1. The summed E-state index contributed by atoms with van der Waals surface area (Å²) in [6.07, 6.45) is 9.94. The summed E-state index contributed by atoms with van der Waals surface area (Å²) in [5.74, 6) is 0.00368. The zero-order chi connectivity index (χ0) is 24.5. The third-order valence-corrected chi connectivity index (χ3v) is 7.87. The summed E-state index contributed by atoms with van der Waals surface area (Å²) in [5, 5.41) is 7.02. The van der Waals surface area contributed by atoms with Crippen molar-refractivity contribution in [1.29, 1.82) is 0 Å². The molecule has 4 rings (SSSR count). The van der Waals surface area contributed by atoms with Crippen LogP contribution in [0.3, 0.4) is 0 Å². The molecular weight excluding hydrogens is 448 g/mol. The van der Waals surface area contributed by atoms with E-state index in [-0.39, 0.29) is 11.3 Å². The van der Waals surface area contributed by atoms with Gasteiger partial charge >= 0.3 is 0 Å². The van der Waals surface area contributed by atoms with Gasteiger partial charge in [0, 0.05) is 11.6 Å². The molecule has 3 aromatic rings. The summed E-state index contributed by atoms with van der Waals surface area (Å²) in [7, 11) is 0. The maximum absolute atomic E-state index is 12.8. The van der Waals surface area contributed by atoms with Crippen LogP contribution < -0.4 is 10.6 Å². The minimum absolute atomic E-state index is 0.00368. The van der Waals surface area contributed by atoms with Crippen LogP contribution in [0.2, 0.25) is 0 Å². The smallest absolute Gasteiger partial charge is 0.252 e. The van der Waals surface area contributed by atoms with Crippen LogP contribution in [0, 0.1) is 0 Å². The summed E-state index contributed by atoms with van der Waals surface area (Å²) in [4.78, 5) is 12.8. The molecule has 3 aromatic carbocycles. The van der Waals surface area contributed by atoms with Gasteiger partial charge in [0.1, 0.15) is 0 Å². The lowest BCUT2D eigenvalue weighted by atomic mass is 9.86. The summed E-state index contributed by atoms with van der Waals surface area (Å²) in [6.45, 7) is 3.34. The Hall–Kier alpha value is -2.56. The fourth-order valence-electron chi connectivity index (χ4n) is 4.90. The number of rotatable bonds is 11. The van der Waals surface area contributed by atoms with E-state index >= 15 is 0 Å². The first kappa shape index (κ1) is 25.5. The minimum Gasteiger partial charge on any atom is -0.340 e. The Kier molecular flexibility index (Phi) is 9.44. The molecule has 0 aromatic heterocycles. The number of carbonyl (C=O) groups excluding carboxylic acids is 1. The van der Waals surface area contributed by atoms with Gasteiger partial charge < -0.3 is 10.6 Å². The molecular formula is C31H38N2OS. The molecule has 3 nitrogen and oxygen atoms in total. The highest BCUT2D eigenvalue weighted by Crippen LogP contribution is 2.24. The third kappa shape index (κ3) is 7.22. The van der Waals surface area contributed by atoms with E-state index in [1.807, 2.05) is 42.5 Å². The molecule has 0 heterocycles. The second-order valence-corrected chi connectivity index (χ2v) is 10.6. The van der Waals surface area contributed by atoms with E-state index in [9.17, 15) is 4.79 Å². The summed E-state index contributed by atoms with van der Waals surface area (Å²) >= 11 is 1.72. The van der Waals surface area contributed by atoms with Crippen LogP contribution in [0.25, 0.3) is 11.1 Å². The van der Waals surface area contributed by atoms with Gasteiger partial charge in [0.05, 0.1) is 5.37 Å². The van der Waals surface area contributed by atoms with Crippen LogP contribution in [0.1, 0.15) is 59.7 Å². The van der Waals surface area contributed by atoms with Crippen molar-refractivity contribution in [2.45, 2.75) is 63.3 Å². The molecule has 35 heavy (non-hydrogen) atoms. The molecule has 0 radical (unpaired) electrons. The van der Waals surface area contributed by atoms with Crippen molar-refractivity contribution in [2.24, 2.45) is 0 Å². The van der Waals surface area contributed by atoms with Gasteiger partial charge in [-0.25, -0.2) is 0 Å². The molecule has 0 bridgehead atoms. The normalized spacial score (nSPS) is 15.9. The van der Waals surface area contributed by atoms with Gasteiger partial charge in [0.2, 0.25) is 0 Å². The van der Waals surface area contributed by atoms with Crippen molar-refractivity contribution in [3.05, 3.63) is 95.1 Å². The van der Waals surface area contributed by atoms with Crippen molar-refractivity contribution >= 4 is 17.7 Å². The number of hydrogen-bond acceptors (Lipinski definition) is 3. The molecule has 2 N–H and O–H groups in total. The highest BCUT2D eigenvalue weighted by Gasteiger charge is 2.18. The number of fused-ring (bicyclic) bond motifs is 1. The quantitative estimate of drug-likeness (QED) is 0.298. The maximum atomic E-state index is 12.8. The van der Waals surface area contributed by atoms with Gasteiger partial charge in [-0.2, -0.15) is 0 Å². The van der Waals surface area contributed by atoms with Crippen molar-refractivity contribution in [1.82, 2.24) is 10.6 Å². The number of amides is 1. The van der Waals surface area contributed by atoms with Crippen molar-refractivity contribution in [3.63, 3.8) is 0 Å². The Morgan fingerprint density at radius 3 is 2.51 bits per heavy atom. The van der Waals surface area contributed by atoms with Crippen LogP contribution in [0.5, 0.6) is 0 Å². The van der Waals surface area contributed by atoms with Crippen LogP contribution in [-0.2, 0) is 19.3 Å². The molecule has 2 atom stereocenters. The molecule has 0 saturated carbocycles. The Morgan fingerprint density at radius 1 is 1.00 bits per heavy atom. The molecule has 184 valence electrons. The number of benzene rings is 3. The monoisotopic (exact) mass is 486 g/mol. The van der Waals surface area contributed by atoms with Gasteiger partial charge in [0.15, 0.2) is 0 Å². The number of nitrogens with one attached hydrogen (secondary N) is 2. The van der Waals surface area contributed by atoms with Crippen molar-refractivity contribution in [2.75, 3.05) is 12.8 Å². The second-order valence-electron chi connectivity index (χ2n) is 9.53. The van der Waals surface area contributed by atoms with Crippen molar-refractivity contribution in [3.8, 4) is 11.1 Å². The highest BCUT2D eigenvalue weighted by atomic mass is 32.2. The van der Waals surface area contributed by atoms with Crippen molar-refractivity contribution < 1.29 is 4.79 Å². The zero-order valence-corrected chi connectivity index (χ0v) is 21.9. The predicted molar refractivity (Wildman–Crippen MR) is 150 cm³/mol. The van der Waals surface area contributed by atoms with Gasteiger partial charge in [-0.3, -0.25) is 4.79 Å². The largest absolute Gasteiger partial charge is 0.340 e. The molecule has 0 spiro atoms. The fraction of sp³-hybridized carbons (Fsp3) is 0.387. The van der Waals surface area contributed by atoms with Crippen LogP contribution in [0.15, 0.2) is 72.8 Å². The van der Waals surface area contributed by atoms with Gasteiger partial charge in [0.25, 0.3) is 5.91 Å². The average Bonchev–Trinajstić information content (AvgIpc) is 2.91. The first-order valence-corrected chi connectivity index (χ1v) is 14.3. The predicted octanol–water partition coefficient (Wildman–Crippen LogP) is 6.65. The summed E-state index contributed by atoms with van der Waals surface area (Å²) in [6, 6.07) is 25.9. The lowest BCUT2D eigenvalue weighted by Gasteiger charge is -2.26. The zero-order valence-electron chi connectivity index (χ0n) is 21.1. The molecule has 1 aliphatic rings. The van der Waals surface area contributed by atoms with Crippen LogP contribution >= 0.6 is 11.8 Å². The summed E-state index contributed by atoms with van der Waals surface area (Å²) < 4.78 is 0. The molecule has 0 aliphatic heterocycles. The van der Waals surface area contributed by atoms with E-state index in [0.29, 0.717) is 11.6 Å². The molecule has 4 heteroatoms. The average molecular weight is 487 g/mol. The van der Waals surface area contributed by atoms with E-state index in [1.165, 1.54) is 36.0 Å². The van der Waals surface area contributed by atoms with E-state index in [1.54, 1.807) is 11.8 Å². The first-order chi connectivity index (χ1) is 17.2. The third-order valence-electron chi connectivity index (χ3n) is 6.94. The highest BCUT2D eigenvalue weighted by molar-refractivity contribution is 7.99. The van der Waals surface area contributed by atoms with Crippen LogP contribution in [-0.4, -0.2) is 30.1 Å². The van der Waals surface area contributed by atoms with Gasteiger partial charge in [-0.05, 0) is 97.7 Å². The Labute approximate surface area is 215 Å². The molecule has 0 saturated heterocycles. The number of carbonyl (C=O) groups is 1. The van der Waals surface area contributed by atoms with E-state index < -0.39 is 0 Å². The standard InChI is InChI=1S/C31H38N2OS/c1-3-20-32-29-19-18-27-21-23(12-13-28(27)22-29)8-7-11-30(35-2)33-31(34)26-16-14-25(15-17-26)24-9-5-4-6-10-24/h4-6,9-10,12-17,21,29-30,32H,3,7-8,11,18-20,22H2,1-2H3,(H,33,34)/t29-,30?/m0/s1. The topological polar surface area (TPSA) is 41.1 Å². The fourth-order valence-corrected chi connectivity index (χ4v) is 5.53. The molecule has 0 fully saturated rings. The molecule has 1 unspecified atom stereocenters. The molecule has 1 aliphatic carbocycles. The van der Waals surface area contributed by atoms with Gasteiger partial charge in [-0.1, -0.05) is 67.6 Å². The Morgan fingerprint density at radius 2 is 1.77 bits per heavy atom. The first-order valence-electron chi connectivity index (χ1n) is 13.0. The molecule has 1 amide bonds. The van der Waals surface area contributed by atoms with Crippen LogP contribution in [0.4, 0.5) is 0 Å². The number of hydrogen-bond donors (Lipinski definition) is 2. The van der Waals surface area contributed by atoms with Gasteiger partial charge in [-0.15, -0.1) is 11.8 Å². The lowest BCUT2D eigenvalue weighted by Crippen LogP contribution is -2.35. The van der Waals surface area contributed by atoms with E-state index in [4.69, 9.17) is 0 Å². The minimum atomic E-state index is 0.00368. The van der Waals surface area contributed by atoms with E-state index in [0.717, 1.165) is 43.4 Å². The van der Waals surface area contributed by atoms with E-state index in [2.05, 4.69) is 54.1 Å². The summed E-state index contributed by atoms with van der Waals surface area (Å²) in [5.41, 5.74) is 7.47. The lowest BCUT2D eigenvalue weighted by molar-refractivity contribution is 0.0948. The maximum Gasteiger partial charge on any atom is 0.252 e. The number of aryl methyl sites for hydroxylation is 2. The Balaban J connectivity index is 1.25. The second kappa shape index (κ2) is 12.9. The Bertz CT molecular complexity index is 1080. The number of thioether (sulfide) groups is 1.